The normalized spacial score (nSPS) is 11.2. The number of hydrogen-bond donors (Lipinski definition) is 1. The first-order valence-electron chi connectivity index (χ1n) is 10.0. The molecule has 4 aromatic rings. The van der Waals surface area contributed by atoms with Crippen molar-refractivity contribution in [2.75, 3.05) is 12.4 Å². The fourth-order valence-electron chi connectivity index (χ4n) is 3.43. The lowest BCUT2D eigenvalue weighted by molar-refractivity contribution is -0.111. The molecule has 0 saturated carbocycles. The number of carbonyl (C=O) groups excluding carboxylic acids is 1. The van der Waals surface area contributed by atoms with E-state index in [4.69, 9.17) is 9.72 Å². The largest absolute Gasteiger partial charge is 0.494 e. The fourth-order valence-corrected chi connectivity index (χ4v) is 3.43. The number of para-hydroxylation sites is 1. The number of anilines is 1. The van der Waals surface area contributed by atoms with Crippen molar-refractivity contribution >= 4 is 28.7 Å². The molecule has 0 saturated heterocycles. The van der Waals surface area contributed by atoms with E-state index < -0.39 is 0 Å². The van der Waals surface area contributed by atoms with Crippen LogP contribution in [0.4, 0.5) is 5.82 Å². The van der Waals surface area contributed by atoms with E-state index in [1.807, 2.05) is 75.4 Å². The lowest BCUT2D eigenvalue weighted by Crippen LogP contribution is -2.13. The van der Waals surface area contributed by atoms with E-state index >= 15 is 0 Å². The summed E-state index contributed by atoms with van der Waals surface area (Å²) in [5, 5.41) is 8.46. The van der Waals surface area contributed by atoms with Gasteiger partial charge in [-0.3, -0.25) is 4.79 Å². The minimum Gasteiger partial charge on any atom is -0.494 e. The molecular weight excluding hydrogens is 388 g/mol. The van der Waals surface area contributed by atoms with Crippen LogP contribution in [0.25, 0.3) is 22.8 Å². The first-order valence-corrected chi connectivity index (χ1v) is 10.0. The highest BCUT2D eigenvalue weighted by Gasteiger charge is 2.14. The van der Waals surface area contributed by atoms with E-state index in [1.165, 1.54) is 11.6 Å². The van der Waals surface area contributed by atoms with Crippen LogP contribution in [0.5, 0.6) is 5.75 Å². The van der Waals surface area contributed by atoms with Gasteiger partial charge in [0.15, 0.2) is 5.82 Å². The Morgan fingerprint density at radius 3 is 2.58 bits per heavy atom. The topological polar surface area (TPSA) is 69.0 Å². The van der Waals surface area contributed by atoms with E-state index in [2.05, 4.69) is 10.4 Å². The maximum absolute atomic E-state index is 12.5. The van der Waals surface area contributed by atoms with Gasteiger partial charge in [-0.05, 0) is 50.1 Å². The average Bonchev–Trinajstić information content (AvgIpc) is 3.12. The summed E-state index contributed by atoms with van der Waals surface area (Å²) in [4.78, 5) is 17.3. The number of nitrogens with zero attached hydrogens (tertiary/aromatic N) is 3. The van der Waals surface area contributed by atoms with Crippen molar-refractivity contribution in [3.63, 3.8) is 0 Å². The van der Waals surface area contributed by atoms with Gasteiger partial charge in [-0.2, -0.15) is 9.78 Å². The smallest absolute Gasteiger partial charge is 0.249 e. The van der Waals surface area contributed by atoms with Crippen molar-refractivity contribution in [2.24, 2.45) is 0 Å². The Hall–Kier alpha value is -3.93. The zero-order valence-corrected chi connectivity index (χ0v) is 18.0. The molecular formula is C25H24N4O2. The lowest BCUT2D eigenvalue weighted by atomic mass is 10.1. The van der Waals surface area contributed by atoms with Gasteiger partial charge in [0.25, 0.3) is 0 Å². The molecule has 156 valence electrons. The van der Waals surface area contributed by atoms with Crippen molar-refractivity contribution in [1.29, 1.82) is 0 Å². The molecule has 0 spiro atoms. The van der Waals surface area contributed by atoms with E-state index in [-0.39, 0.29) is 5.91 Å². The summed E-state index contributed by atoms with van der Waals surface area (Å²) in [5.41, 5.74) is 4.71. The van der Waals surface area contributed by atoms with Crippen molar-refractivity contribution < 1.29 is 9.53 Å². The minimum atomic E-state index is -0.239. The Labute approximate surface area is 181 Å². The quantitative estimate of drug-likeness (QED) is 0.468. The fraction of sp³-hybridized carbons (Fsp3) is 0.160. The molecule has 2 aromatic heterocycles. The van der Waals surface area contributed by atoms with E-state index in [0.717, 1.165) is 27.7 Å². The molecule has 0 aliphatic heterocycles. The minimum absolute atomic E-state index is 0.239. The van der Waals surface area contributed by atoms with Gasteiger partial charge in [0.1, 0.15) is 17.1 Å². The Morgan fingerprint density at radius 1 is 1.06 bits per heavy atom. The highest BCUT2D eigenvalue weighted by molar-refractivity contribution is 6.01. The van der Waals surface area contributed by atoms with Crippen molar-refractivity contribution in [3.05, 3.63) is 83.1 Å². The van der Waals surface area contributed by atoms with E-state index in [9.17, 15) is 4.79 Å². The third kappa shape index (κ3) is 4.33. The number of fused-ring (bicyclic) bond motifs is 1. The number of rotatable bonds is 5. The number of carbonyl (C=O) groups is 1. The lowest BCUT2D eigenvalue weighted by Gasteiger charge is -2.11. The van der Waals surface area contributed by atoms with Crippen LogP contribution in [0.3, 0.4) is 0 Å². The molecule has 2 aromatic carbocycles. The standard InChI is InChI=1S/C25H24N4O2/c1-16-8-10-19(11-9-16)12-13-24(30)26-23-15-18(3)28-29(23)22-14-17(2)20-6-5-7-21(31-4)25(20)27-22/h5-15H,1-4H3,(H,26,30)/b13-12+. The summed E-state index contributed by atoms with van der Waals surface area (Å²) in [6.45, 7) is 5.93. The monoisotopic (exact) mass is 412 g/mol. The molecule has 0 fully saturated rings. The van der Waals surface area contributed by atoms with Gasteiger partial charge in [0.2, 0.25) is 5.91 Å². The van der Waals surface area contributed by atoms with Gasteiger partial charge in [-0.25, -0.2) is 4.98 Å². The molecule has 0 aliphatic carbocycles. The van der Waals surface area contributed by atoms with Crippen LogP contribution in [0.1, 0.15) is 22.4 Å². The number of methoxy groups -OCH3 is 1. The molecule has 0 radical (unpaired) electrons. The van der Waals surface area contributed by atoms with Gasteiger partial charge in [0.05, 0.1) is 12.8 Å². The van der Waals surface area contributed by atoms with Crippen LogP contribution in [-0.4, -0.2) is 27.8 Å². The van der Waals surface area contributed by atoms with Gasteiger partial charge in [0, 0.05) is 17.5 Å². The second-order valence-corrected chi connectivity index (χ2v) is 7.47. The zero-order chi connectivity index (χ0) is 22.0. The molecule has 31 heavy (non-hydrogen) atoms. The van der Waals surface area contributed by atoms with Gasteiger partial charge >= 0.3 is 0 Å². The van der Waals surface area contributed by atoms with Crippen LogP contribution in [0.15, 0.2) is 60.7 Å². The van der Waals surface area contributed by atoms with Crippen molar-refractivity contribution in [2.45, 2.75) is 20.8 Å². The SMILES string of the molecule is COc1cccc2c(C)cc(-n3nc(C)cc3NC(=O)/C=C/c3ccc(C)cc3)nc12. The van der Waals surface area contributed by atoms with Crippen LogP contribution in [0.2, 0.25) is 0 Å². The maximum Gasteiger partial charge on any atom is 0.249 e. The number of pyridine rings is 1. The number of aryl methyl sites for hydroxylation is 3. The predicted octanol–water partition coefficient (Wildman–Crippen LogP) is 5.01. The molecule has 0 aliphatic rings. The van der Waals surface area contributed by atoms with Gasteiger partial charge < -0.3 is 10.1 Å². The van der Waals surface area contributed by atoms with Crippen LogP contribution >= 0.6 is 0 Å². The zero-order valence-electron chi connectivity index (χ0n) is 18.0. The molecule has 0 unspecified atom stereocenters. The molecule has 0 bridgehead atoms. The van der Waals surface area contributed by atoms with Crippen LogP contribution < -0.4 is 10.1 Å². The predicted molar refractivity (Wildman–Crippen MR) is 124 cm³/mol. The Balaban J connectivity index is 1.66. The van der Waals surface area contributed by atoms with Gasteiger partial charge in [-0.1, -0.05) is 42.0 Å². The second-order valence-electron chi connectivity index (χ2n) is 7.47. The Morgan fingerprint density at radius 2 is 1.84 bits per heavy atom. The van der Waals surface area contributed by atoms with E-state index in [1.54, 1.807) is 17.9 Å². The van der Waals surface area contributed by atoms with E-state index in [0.29, 0.717) is 17.4 Å². The molecule has 2 heterocycles. The molecule has 1 N–H and O–H groups in total. The van der Waals surface area contributed by atoms with Crippen LogP contribution in [0, 0.1) is 20.8 Å². The second kappa shape index (κ2) is 8.44. The molecule has 0 atom stereocenters. The molecule has 6 heteroatoms. The van der Waals surface area contributed by atoms with Crippen molar-refractivity contribution in [1.82, 2.24) is 14.8 Å². The summed E-state index contributed by atoms with van der Waals surface area (Å²) in [6.07, 6.45) is 3.30. The Bertz CT molecular complexity index is 1290. The highest BCUT2D eigenvalue weighted by Crippen LogP contribution is 2.28. The number of nitrogens with one attached hydrogen (secondary N) is 1. The van der Waals surface area contributed by atoms with Crippen molar-refractivity contribution in [3.8, 4) is 11.6 Å². The van der Waals surface area contributed by atoms with Gasteiger partial charge in [-0.15, -0.1) is 0 Å². The van der Waals surface area contributed by atoms with Crippen LogP contribution in [-0.2, 0) is 4.79 Å². The Kier molecular flexibility index (Phi) is 5.54. The summed E-state index contributed by atoms with van der Waals surface area (Å²) in [5.74, 6) is 1.62. The maximum atomic E-state index is 12.5. The summed E-state index contributed by atoms with van der Waals surface area (Å²) in [7, 11) is 1.63. The molecule has 1 amide bonds. The number of ether oxygens (including phenoxy) is 1. The summed E-state index contributed by atoms with van der Waals surface area (Å²) in [6, 6.07) is 17.6. The average molecular weight is 412 g/mol. The molecule has 6 nitrogen and oxygen atoms in total. The summed E-state index contributed by atoms with van der Waals surface area (Å²) < 4.78 is 7.13. The third-order valence-corrected chi connectivity index (χ3v) is 5.02. The highest BCUT2D eigenvalue weighted by atomic mass is 16.5. The summed E-state index contributed by atoms with van der Waals surface area (Å²) >= 11 is 0. The number of benzene rings is 2. The number of aromatic nitrogens is 3. The first kappa shape index (κ1) is 20.3. The number of hydrogen-bond acceptors (Lipinski definition) is 4. The number of amides is 1. The molecule has 4 rings (SSSR count). The first-order chi connectivity index (χ1) is 14.9. The third-order valence-electron chi connectivity index (χ3n) is 5.02.